The maximum atomic E-state index is 11.0. The number of aromatic nitrogens is 1. The van der Waals surface area contributed by atoms with E-state index in [0.29, 0.717) is 17.1 Å². The summed E-state index contributed by atoms with van der Waals surface area (Å²) in [5, 5.41) is 0.553. The summed E-state index contributed by atoms with van der Waals surface area (Å²) >= 11 is 5.59. The number of Topliss-reactive ketones (excluding diaryl/α,β-unsaturated/α-hetero) is 1. The lowest BCUT2D eigenvalue weighted by atomic mass is 10.2. The minimum atomic E-state index is 0.0432. The number of rotatable bonds is 2. The highest BCUT2D eigenvalue weighted by Gasteiger charge is 2.02. The summed E-state index contributed by atoms with van der Waals surface area (Å²) in [5.74, 6) is 0.0432. The molecule has 1 rings (SSSR count). The van der Waals surface area contributed by atoms with Crippen LogP contribution in [-0.2, 0) is 0 Å². The number of hydrogen-bond acceptors (Lipinski definition) is 2. The summed E-state index contributed by atoms with van der Waals surface area (Å²) in [6, 6.07) is 3.30. The molecule has 0 radical (unpaired) electrons. The van der Waals surface area contributed by atoms with Crippen molar-refractivity contribution in [2.45, 2.75) is 27.2 Å². The number of nitrogens with zero attached hydrogens (tertiary/aromatic N) is 1. The Bertz CT molecular complexity index is 256. The molecule has 0 bridgehead atoms. The Labute approximate surface area is 83.9 Å². The average molecular weight is 200 g/mol. The van der Waals surface area contributed by atoms with E-state index in [9.17, 15) is 4.79 Å². The van der Waals surface area contributed by atoms with Crippen LogP contribution in [0.2, 0.25) is 5.02 Å². The van der Waals surface area contributed by atoms with Crippen molar-refractivity contribution in [3.63, 3.8) is 0 Å². The third-order valence-corrected chi connectivity index (χ3v) is 1.56. The van der Waals surface area contributed by atoms with Crippen LogP contribution in [0.1, 0.15) is 37.7 Å². The smallest absolute Gasteiger partial charge is 0.180 e. The Balaban J connectivity index is 0.000000671. The van der Waals surface area contributed by atoms with Crippen molar-refractivity contribution in [1.29, 1.82) is 0 Å². The van der Waals surface area contributed by atoms with E-state index in [2.05, 4.69) is 4.98 Å². The molecule has 1 aromatic rings. The standard InChI is InChI=1S/C8H8ClNO.C2H6/c1-2-8(11)7-4-3-6(9)5-10-7;1-2/h3-5H,2H2,1H3;1-2H3. The first-order valence-corrected chi connectivity index (χ1v) is 4.76. The van der Waals surface area contributed by atoms with E-state index in [0.717, 1.165) is 0 Å². The summed E-state index contributed by atoms with van der Waals surface area (Å²) in [7, 11) is 0. The van der Waals surface area contributed by atoms with Gasteiger partial charge in [-0.25, -0.2) is 0 Å². The first-order valence-electron chi connectivity index (χ1n) is 4.38. The van der Waals surface area contributed by atoms with Crippen LogP contribution in [-0.4, -0.2) is 10.8 Å². The second kappa shape index (κ2) is 6.61. The molecule has 0 aliphatic carbocycles. The molecule has 0 aliphatic rings. The van der Waals surface area contributed by atoms with Gasteiger partial charge in [0.25, 0.3) is 0 Å². The molecule has 3 heteroatoms. The monoisotopic (exact) mass is 199 g/mol. The van der Waals surface area contributed by atoms with Crippen LogP contribution in [0.3, 0.4) is 0 Å². The zero-order chi connectivity index (χ0) is 10.3. The fourth-order valence-electron chi connectivity index (χ4n) is 0.722. The predicted octanol–water partition coefficient (Wildman–Crippen LogP) is 3.35. The summed E-state index contributed by atoms with van der Waals surface area (Å²) in [6.45, 7) is 5.80. The van der Waals surface area contributed by atoms with Crippen LogP contribution in [0.4, 0.5) is 0 Å². The van der Waals surface area contributed by atoms with Gasteiger partial charge in [0.05, 0.1) is 5.02 Å². The molecule has 2 nitrogen and oxygen atoms in total. The molecule has 13 heavy (non-hydrogen) atoms. The Hall–Kier alpha value is -0.890. The molecule has 0 saturated carbocycles. The highest BCUT2D eigenvalue weighted by molar-refractivity contribution is 6.30. The molecule has 0 aromatic carbocycles. The molecule has 1 heterocycles. The first kappa shape index (κ1) is 12.1. The number of carbonyl (C=O) groups excluding carboxylic acids is 1. The van der Waals surface area contributed by atoms with E-state index in [-0.39, 0.29) is 5.78 Å². The van der Waals surface area contributed by atoms with Gasteiger partial charge in [-0.05, 0) is 12.1 Å². The van der Waals surface area contributed by atoms with Gasteiger partial charge in [0, 0.05) is 12.6 Å². The second-order valence-electron chi connectivity index (χ2n) is 2.14. The third-order valence-electron chi connectivity index (χ3n) is 1.33. The van der Waals surface area contributed by atoms with Gasteiger partial charge in [0.1, 0.15) is 5.69 Å². The van der Waals surface area contributed by atoms with Crippen molar-refractivity contribution >= 4 is 17.4 Å². The van der Waals surface area contributed by atoms with E-state index < -0.39 is 0 Å². The average Bonchev–Trinajstić information content (AvgIpc) is 2.21. The molecule has 1 aromatic heterocycles. The van der Waals surface area contributed by atoms with Crippen LogP contribution in [0.5, 0.6) is 0 Å². The lowest BCUT2D eigenvalue weighted by Gasteiger charge is -1.94. The lowest BCUT2D eigenvalue weighted by molar-refractivity contribution is 0.0983. The first-order chi connectivity index (χ1) is 6.24. The molecule has 0 amide bonds. The van der Waals surface area contributed by atoms with Gasteiger partial charge in [0.15, 0.2) is 5.78 Å². The highest BCUT2D eigenvalue weighted by Crippen LogP contribution is 2.07. The third kappa shape index (κ3) is 4.04. The summed E-state index contributed by atoms with van der Waals surface area (Å²) in [5.41, 5.74) is 0.483. The largest absolute Gasteiger partial charge is 0.292 e. The Kier molecular flexibility index (Phi) is 6.15. The van der Waals surface area contributed by atoms with Crippen molar-refractivity contribution in [2.24, 2.45) is 0 Å². The summed E-state index contributed by atoms with van der Waals surface area (Å²) < 4.78 is 0. The lowest BCUT2D eigenvalue weighted by Crippen LogP contribution is -1.98. The van der Waals surface area contributed by atoms with Crippen molar-refractivity contribution < 1.29 is 4.79 Å². The summed E-state index contributed by atoms with van der Waals surface area (Å²) in [6.07, 6.45) is 1.96. The molecule has 0 atom stereocenters. The van der Waals surface area contributed by atoms with E-state index in [1.165, 1.54) is 6.20 Å². The van der Waals surface area contributed by atoms with Crippen LogP contribution in [0, 0.1) is 0 Å². The van der Waals surface area contributed by atoms with E-state index >= 15 is 0 Å². The molecule has 0 N–H and O–H groups in total. The zero-order valence-corrected chi connectivity index (χ0v) is 8.93. The number of carbonyl (C=O) groups is 1. The van der Waals surface area contributed by atoms with Gasteiger partial charge in [-0.1, -0.05) is 32.4 Å². The number of pyridine rings is 1. The van der Waals surface area contributed by atoms with Gasteiger partial charge in [-0.15, -0.1) is 0 Å². The van der Waals surface area contributed by atoms with Gasteiger partial charge < -0.3 is 0 Å². The maximum Gasteiger partial charge on any atom is 0.180 e. The molecule has 0 aliphatic heterocycles. The normalized spacial score (nSPS) is 8.62. The maximum absolute atomic E-state index is 11.0. The SMILES string of the molecule is CC.CCC(=O)c1ccc(Cl)cn1. The van der Waals surface area contributed by atoms with Crippen molar-refractivity contribution in [1.82, 2.24) is 4.98 Å². The molecule has 72 valence electrons. The molecule has 0 unspecified atom stereocenters. The molecular formula is C10H14ClNO. The number of halogens is 1. The minimum Gasteiger partial charge on any atom is -0.292 e. The molecule has 0 saturated heterocycles. The predicted molar refractivity (Wildman–Crippen MR) is 55.2 cm³/mol. The van der Waals surface area contributed by atoms with Crippen molar-refractivity contribution in [3.8, 4) is 0 Å². The Morgan fingerprint density at radius 2 is 2.08 bits per heavy atom. The molecule has 0 spiro atoms. The van der Waals surface area contributed by atoms with Crippen LogP contribution in [0.25, 0.3) is 0 Å². The van der Waals surface area contributed by atoms with Crippen LogP contribution in [0.15, 0.2) is 18.3 Å². The topological polar surface area (TPSA) is 30.0 Å². The second-order valence-corrected chi connectivity index (χ2v) is 2.57. The van der Waals surface area contributed by atoms with Gasteiger partial charge in [-0.3, -0.25) is 9.78 Å². The van der Waals surface area contributed by atoms with Crippen molar-refractivity contribution in [3.05, 3.63) is 29.0 Å². The Morgan fingerprint density at radius 1 is 1.46 bits per heavy atom. The quantitative estimate of drug-likeness (QED) is 0.684. The van der Waals surface area contributed by atoms with Crippen molar-refractivity contribution in [2.75, 3.05) is 0 Å². The van der Waals surface area contributed by atoms with Gasteiger partial charge >= 0.3 is 0 Å². The van der Waals surface area contributed by atoms with Crippen LogP contribution >= 0.6 is 11.6 Å². The summed E-state index contributed by atoms with van der Waals surface area (Å²) in [4.78, 5) is 14.9. The van der Waals surface area contributed by atoms with E-state index in [1.54, 1.807) is 19.1 Å². The fraction of sp³-hybridized carbons (Fsp3) is 0.400. The van der Waals surface area contributed by atoms with E-state index in [1.807, 2.05) is 13.8 Å². The Morgan fingerprint density at radius 3 is 2.46 bits per heavy atom. The minimum absolute atomic E-state index is 0.0432. The van der Waals surface area contributed by atoms with Gasteiger partial charge in [0.2, 0.25) is 0 Å². The molecule has 0 fully saturated rings. The van der Waals surface area contributed by atoms with Gasteiger partial charge in [-0.2, -0.15) is 0 Å². The number of hydrogen-bond donors (Lipinski definition) is 0. The highest BCUT2D eigenvalue weighted by atomic mass is 35.5. The fourth-order valence-corrected chi connectivity index (χ4v) is 0.834. The molecular weight excluding hydrogens is 186 g/mol. The van der Waals surface area contributed by atoms with Crippen LogP contribution < -0.4 is 0 Å². The number of ketones is 1. The zero-order valence-electron chi connectivity index (χ0n) is 8.17. The van der Waals surface area contributed by atoms with E-state index in [4.69, 9.17) is 11.6 Å².